The Hall–Kier alpha value is -0.0800. The average Bonchev–Trinajstić information content (AvgIpc) is 1.81. The Morgan fingerprint density at radius 3 is 2.70 bits per heavy atom. The monoisotopic (exact) mass is 201 g/mol. The fourth-order valence-corrected chi connectivity index (χ4v) is 1.41. The van der Waals surface area contributed by atoms with Crippen molar-refractivity contribution in [3.05, 3.63) is 22.2 Å². The summed E-state index contributed by atoms with van der Waals surface area (Å²) in [5.74, 6) is 0. The highest BCUT2D eigenvalue weighted by molar-refractivity contribution is 9.11. The summed E-state index contributed by atoms with van der Waals surface area (Å²) < 4.78 is 1.15. The van der Waals surface area contributed by atoms with Gasteiger partial charge in [-0.3, -0.25) is 0 Å². The summed E-state index contributed by atoms with van der Waals surface area (Å²) in [6.07, 6.45) is 5.10. The zero-order valence-corrected chi connectivity index (χ0v) is 7.90. The van der Waals surface area contributed by atoms with Crippen LogP contribution in [-0.2, 0) is 0 Å². The van der Waals surface area contributed by atoms with Gasteiger partial charge in [-0.2, -0.15) is 0 Å². The van der Waals surface area contributed by atoms with Crippen LogP contribution in [0, 0.1) is 0 Å². The van der Waals surface area contributed by atoms with Crippen molar-refractivity contribution in [3.63, 3.8) is 0 Å². The van der Waals surface area contributed by atoms with Gasteiger partial charge in [-0.15, -0.1) is 0 Å². The van der Waals surface area contributed by atoms with E-state index in [0.717, 1.165) is 10.9 Å². The molecule has 0 amide bonds. The van der Waals surface area contributed by atoms with E-state index < -0.39 is 0 Å². The molecular weight excluding hydrogens is 190 g/mol. The van der Waals surface area contributed by atoms with Gasteiger partial charge in [0.1, 0.15) is 0 Å². The van der Waals surface area contributed by atoms with E-state index in [0.29, 0.717) is 0 Å². The van der Waals surface area contributed by atoms with E-state index in [4.69, 9.17) is 5.73 Å². The topological polar surface area (TPSA) is 26.0 Å². The van der Waals surface area contributed by atoms with Crippen LogP contribution in [0.15, 0.2) is 22.2 Å². The summed E-state index contributed by atoms with van der Waals surface area (Å²) in [7, 11) is 0. The summed E-state index contributed by atoms with van der Waals surface area (Å²) in [5, 5.41) is 0. The number of hydrogen-bond acceptors (Lipinski definition) is 1. The van der Waals surface area contributed by atoms with Crippen molar-refractivity contribution in [1.82, 2.24) is 0 Å². The van der Waals surface area contributed by atoms with E-state index in [9.17, 15) is 0 Å². The molecule has 0 heterocycles. The first-order valence-corrected chi connectivity index (χ1v) is 4.15. The average molecular weight is 202 g/mol. The van der Waals surface area contributed by atoms with Crippen LogP contribution in [0.5, 0.6) is 0 Å². The van der Waals surface area contributed by atoms with E-state index in [-0.39, 0.29) is 5.54 Å². The number of halogens is 1. The normalized spacial score (nSPS) is 33.2. The van der Waals surface area contributed by atoms with E-state index in [1.807, 2.05) is 0 Å². The quantitative estimate of drug-likeness (QED) is 0.640. The molecule has 2 N–H and O–H groups in total. The first-order chi connectivity index (χ1) is 4.52. The Morgan fingerprint density at radius 2 is 2.30 bits per heavy atom. The maximum Gasteiger partial charge on any atom is 0.0376 e. The van der Waals surface area contributed by atoms with Crippen LogP contribution in [0.25, 0.3) is 0 Å². The molecule has 0 fully saturated rings. The lowest BCUT2D eigenvalue weighted by molar-refractivity contribution is 0.551. The maximum absolute atomic E-state index is 5.95. The SMILES string of the molecule is CC1=CC(Br)=CCC1(C)N. The Balaban J connectivity index is 2.88. The van der Waals surface area contributed by atoms with E-state index in [1.54, 1.807) is 0 Å². The maximum atomic E-state index is 5.95. The zero-order chi connectivity index (χ0) is 7.78. The fraction of sp³-hybridized carbons (Fsp3) is 0.500. The molecule has 0 aromatic carbocycles. The summed E-state index contributed by atoms with van der Waals surface area (Å²) in [6.45, 7) is 4.11. The first kappa shape index (κ1) is 8.02. The third kappa shape index (κ3) is 1.50. The molecule has 1 nitrogen and oxygen atoms in total. The van der Waals surface area contributed by atoms with Gasteiger partial charge in [-0.25, -0.2) is 0 Å². The highest BCUT2D eigenvalue weighted by atomic mass is 79.9. The Labute approximate surface area is 70.1 Å². The third-order valence-corrected chi connectivity index (χ3v) is 2.53. The Morgan fingerprint density at radius 1 is 1.70 bits per heavy atom. The van der Waals surface area contributed by atoms with Crippen LogP contribution < -0.4 is 5.73 Å². The lowest BCUT2D eigenvalue weighted by Gasteiger charge is -2.27. The number of nitrogens with two attached hydrogens (primary N) is 1. The Kier molecular flexibility index (Phi) is 2.02. The highest BCUT2D eigenvalue weighted by Gasteiger charge is 2.21. The smallest absolute Gasteiger partial charge is 0.0376 e. The van der Waals surface area contributed by atoms with Crippen LogP contribution in [0.1, 0.15) is 20.3 Å². The van der Waals surface area contributed by atoms with Gasteiger partial charge in [-0.05, 0) is 26.3 Å². The van der Waals surface area contributed by atoms with Gasteiger partial charge in [-0.1, -0.05) is 27.6 Å². The minimum atomic E-state index is -0.128. The standard InChI is InChI=1S/C8H12BrN/c1-6-5-7(9)3-4-8(6,2)10/h3,5H,4,10H2,1-2H3. The molecule has 0 saturated heterocycles. The van der Waals surface area contributed by atoms with Crippen LogP contribution in [0.3, 0.4) is 0 Å². The van der Waals surface area contributed by atoms with Gasteiger partial charge in [0.2, 0.25) is 0 Å². The molecule has 1 rings (SSSR count). The van der Waals surface area contributed by atoms with Gasteiger partial charge in [0.25, 0.3) is 0 Å². The summed E-state index contributed by atoms with van der Waals surface area (Å²) in [6, 6.07) is 0. The lowest BCUT2D eigenvalue weighted by atomic mass is 9.87. The molecule has 0 saturated carbocycles. The van der Waals surface area contributed by atoms with Crippen molar-refractivity contribution >= 4 is 15.9 Å². The van der Waals surface area contributed by atoms with Crippen molar-refractivity contribution in [2.45, 2.75) is 25.8 Å². The second-order valence-corrected chi connectivity index (χ2v) is 3.95. The molecule has 0 aliphatic heterocycles. The minimum Gasteiger partial charge on any atom is -0.322 e. The number of rotatable bonds is 0. The molecule has 0 bridgehead atoms. The highest BCUT2D eigenvalue weighted by Crippen LogP contribution is 2.27. The third-order valence-electron chi connectivity index (χ3n) is 1.98. The van der Waals surface area contributed by atoms with Crippen LogP contribution >= 0.6 is 15.9 Å². The summed E-state index contributed by atoms with van der Waals surface area (Å²) in [4.78, 5) is 0. The van der Waals surface area contributed by atoms with Gasteiger partial charge < -0.3 is 5.73 Å². The molecule has 10 heavy (non-hydrogen) atoms. The molecular formula is C8H12BrN. The summed E-state index contributed by atoms with van der Waals surface area (Å²) in [5.41, 5.74) is 7.06. The molecule has 56 valence electrons. The van der Waals surface area contributed by atoms with E-state index >= 15 is 0 Å². The largest absolute Gasteiger partial charge is 0.322 e. The van der Waals surface area contributed by atoms with Crippen LogP contribution in [0.4, 0.5) is 0 Å². The van der Waals surface area contributed by atoms with Crippen molar-refractivity contribution < 1.29 is 0 Å². The number of allylic oxidation sites excluding steroid dienone is 2. The molecule has 1 aliphatic rings. The molecule has 0 radical (unpaired) electrons. The van der Waals surface area contributed by atoms with Gasteiger partial charge in [0, 0.05) is 10.0 Å². The van der Waals surface area contributed by atoms with Crippen LogP contribution in [-0.4, -0.2) is 5.54 Å². The van der Waals surface area contributed by atoms with Gasteiger partial charge >= 0.3 is 0 Å². The number of hydrogen-bond donors (Lipinski definition) is 1. The van der Waals surface area contributed by atoms with Crippen molar-refractivity contribution in [2.24, 2.45) is 5.73 Å². The molecule has 2 heteroatoms. The lowest BCUT2D eigenvalue weighted by Crippen LogP contribution is -2.37. The molecule has 0 aromatic rings. The predicted molar refractivity (Wildman–Crippen MR) is 48.0 cm³/mol. The molecule has 1 aliphatic carbocycles. The molecule has 0 spiro atoms. The second-order valence-electron chi connectivity index (χ2n) is 3.04. The zero-order valence-electron chi connectivity index (χ0n) is 6.32. The molecule has 1 unspecified atom stereocenters. The fourth-order valence-electron chi connectivity index (χ4n) is 0.901. The van der Waals surface area contributed by atoms with Crippen LogP contribution in [0.2, 0.25) is 0 Å². The van der Waals surface area contributed by atoms with Crippen molar-refractivity contribution in [3.8, 4) is 0 Å². The van der Waals surface area contributed by atoms with Gasteiger partial charge in [0.05, 0.1) is 0 Å². The summed E-state index contributed by atoms with van der Waals surface area (Å²) >= 11 is 3.41. The van der Waals surface area contributed by atoms with E-state index in [2.05, 4.69) is 41.9 Å². The molecule has 0 aromatic heterocycles. The van der Waals surface area contributed by atoms with Gasteiger partial charge in [0.15, 0.2) is 0 Å². The molecule has 1 atom stereocenters. The van der Waals surface area contributed by atoms with Crippen molar-refractivity contribution in [1.29, 1.82) is 0 Å². The first-order valence-electron chi connectivity index (χ1n) is 3.36. The Bertz CT molecular complexity index is 201. The minimum absolute atomic E-state index is 0.128. The van der Waals surface area contributed by atoms with Crippen molar-refractivity contribution in [2.75, 3.05) is 0 Å². The van der Waals surface area contributed by atoms with E-state index in [1.165, 1.54) is 5.57 Å². The second kappa shape index (κ2) is 2.51. The predicted octanol–water partition coefficient (Wildman–Crippen LogP) is 2.33.